The molecule has 0 aromatic heterocycles. The summed E-state index contributed by atoms with van der Waals surface area (Å²) in [7, 11) is 1.86. The largest absolute Gasteiger partial charge is 0.466 e. The van der Waals surface area contributed by atoms with E-state index in [2.05, 4.69) is 14.8 Å². The fourth-order valence-electron chi connectivity index (χ4n) is 1.60. The first-order valence-electron chi connectivity index (χ1n) is 6.38. The van der Waals surface area contributed by atoms with Crippen molar-refractivity contribution in [1.82, 2.24) is 5.32 Å². The van der Waals surface area contributed by atoms with Crippen LogP contribution in [0.4, 0.5) is 9.18 Å². The van der Waals surface area contributed by atoms with E-state index in [1.54, 1.807) is 20.8 Å². The van der Waals surface area contributed by atoms with E-state index in [-0.39, 0.29) is 6.42 Å². The summed E-state index contributed by atoms with van der Waals surface area (Å²) in [5.74, 6) is -2.89. The van der Waals surface area contributed by atoms with Crippen molar-refractivity contribution in [1.29, 1.82) is 0 Å². The number of carbonyl (C=O) groups is 3. The molecule has 0 heterocycles. The molecular formula is C13H22FNO6. The Morgan fingerprint density at radius 1 is 1.10 bits per heavy atom. The van der Waals surface area contributed by atoms with E-state index in [0.717, 1.165) is 14.2 Å². The first kappa shape index (κ1) is 19.1. The van der Waals surface area contributed by atoms with E-state index in [4.69, 9.17) is 4.74 Å². The third-order valence-corrected chi connectivity index (χ3v) is 2.54. The number of amides is 1. The van der Waals surface area contributed by atoms with Crippen LogP contribution in [0.5, 0.6) is 0 Å². The molecule has 1 N–H and O–H groups in total. The molecule has 0 bridgehead atoms. The molecule has 0 unspecified atom stereocenters. The van der Waals surface area contributed by atoms with Crippen molar-refractivity contribution in [3.63, 3.8) is 0 Å². The predicted molar refractivity (Wildman–Crippen MR) is 71.3 cm³/mol. The van der Waals surface area contributed by atoms with Crippen LogP contribution in [-0.2, 0) is 23.8 Å². The summed E-state index contributed by atoms with van der Waals surface area (Å²) in [5.41, 5.74) is -3.95. The van der Waals surface area contributed by atoms with Gasteiger partial charge in [0.25, 0.3) is 0 Å². The molecule has 0 saturated carbocycles. The minimum Gasteiger partial charge on any atom is -0.466 e. The first-order chi connectivity index (χ1) is 9.52. The molecule has 1 atom stereocenters. The molecule has 0 aromatic rings. The lowest BCUT2D eigenvalue weighted by Crippen LogP contribution is -2.60. The Morgan fingerprint density at radius 3 is 1.81 bits per heavy atom. The molecular weight excluding hydrogens is 285 g/mol. The van der Waals surface area contributed by atoms with Crippen LogP contribution < -0.4 is 5.32 Å². The zero-order valence-corrected chi connectivity index (χ0v) is 13.1. The molecule has 0 saturated heterocycles. The van der Waals surface area contributed by atoms with Gasteiger partial charge in [-0.25, -0.2) is 18.8 Å². The summed E-state index contributed by atoms with van der Waals surface area (Å²) in [6, 6.07) is -1.48. The predicted octanol–water partition coefficient (Wildman–Crippen LogP) is 1.34. The SMILES string of the molecule is CC[C@H](NC(=O)OC(C)(C)C)C(F)(C(=O)OC)C(=O)OC. The molecule has 122 valence electrons. The summed E-state index contributed by atoms with van der Waals surface area (Å²) in [4.78, 5) is 34.9. The first-order valence-corrected chi connectivity index (χ1v) is 6.38. The molecule has 0 rings (SSSR count). The molecule has 0 aliphatic carbocycles. The van der Waals surface area contributed by atoms with Crippen molar-refractivity contribution in [2.24, 2.45) is 0 Å². The van der Waals surface area contributed by atoms with E-state index in [1.165, 1.54) is 6.92 Å². The van der Waals surface area contributed by atoms with Gasteiger partial charge >= 0.3 is 23.7 Å². The number of esters is 2. The molecule has 21 heavy (non-hydrogen) atoms. The molecule has 0 radical (unpaired) electrons. The Morgan fingerprint density at radius 2 is 1.52 bits per heavy atom. The summed E-state index contributed by atoms with van der Waals surface area (Å²) < 4.78 is 28.4. The Kier molecular flexibility index (Phi) is 6.59. The van der Waals surface area contributed by atoms with E-state index in [0.29, 0.717) is 0 Å². The molecule has 7 nitrogen and oxygen atoms in total. The van der Waals surface area contributed by atoms with Crippen LogP contribution >= 0.6 is 0 Å². The second-order valence-electron chi connectivity index (χ2n) is 5.30. The Balaban J connectivity index is 5.31. The lowest BCUT2D eigenvalue weighted by atomic mass is 9.94. The summed E-state index contributed by atoms with van der Waals surface area (Å²) in [6.45, 7) is 6.35. The van der Waals surface area contributed by atoms with Crippen molar-refractivity contribution >= 4 is 18.0 Å². The Hall–Kier alpha value is -1.86. The average molecular weight is 307 g/mol. The lowest BCUT2D eigenvalue weighted by Gasteiger charge is -2.29. The van der Waals surface area contributed by atoms with Gasteiger partial charge in [0.1, 0.15) is 5.60 Å². The molecule has 8 heteroatoms. The number of alkyl halides is 1. The van der Waals surface area contributed by atoms with Gasteiger partial charge in [-0.05, 0) is 27.2 Å². The smallest absolute Gasteiger partial charge is 0.408 e. The van der Waals surface area contributed by atoms with Gasteiger partial charge in [0.15, 0.2) is 0 Å². The van der Waals surface area contributed by atoms with E-state index in [1.807, 2.05) is 0 Å². The second-order valence-corrected chi connectivity index (χ2v) is 5.30. The average Bonchev–Trinajstić information content (AvgIpc) is 2.39. The lowest BCUT2D eigenvalue weighted by molar-refractivity contribution is -0.174. The molecule has 0 aliphatic heterocycles. The third-order valence-electron chi connectivity index (χ3n) is 2.54. The van der Waals surface area contributed by atoms with Gasteiger partial charge in [-0.3, -0.25) is 0 Å². The molecule has 0 aromatic carbocycles. The van der Waals surface area contributed by atoms with Crippen LogP contribution in [0.2, 0.25) is 0 Å². The standard InChI is InChI=1S/C13H22FNO6/c1-7-8(15-11(18)21-12(2,3)4)13(14,9(16)19-5)10(17)20-6/h8H,7H2,1-6H3,(H,15,18)/t8-/m0/s1. The quantitative estimate of drug-likeness (QED) is 0.468. The van der Waals surface area contributed by atoms with Crippen LogP contribution in [0.25, 0.3) is 0 Å². The number of hydrogen-bond donors (Lipinski definition) is 1. The number of methoxy groups -OCH3 is 2. The molecule has 0 fully saturated rings. The van der Waals surface area contributed by atoms with Crippen molar-refractivity contribution in [2.75, 3.05) is 14.2 Å². The number of carbonyl (C=O) groups excluding carboxylic acids is 3. The maximum absolute atomic E-state index is 14.8. The summed E-state index contributed by atoms with van der Waals surface area (Å²) in [6.07, 6.45) is -1.01. The zero-order valence-electron chi connectivity index (χ0n) is 13.1. The van der Waals surface area contributed by atoms with E-state index in [9.17, 15) is 18.8 Å². The topological polar surface area (TPSA) is 90.9 Å². The minimum atomic E-state index is -3.14. The number of ether oxygens (including phenoxy) is 3. The zero-order chi connectivity index (χ0) is 16.8. The highest BCUT2D eigenvalue weighted by molar-refractivity contribution is 6.04. The third kappa shape index (κ3) is 4.87. The fourth-order valence-corrected chi connectivity index (χ4v) is 1.60. The van der Waals surface area contributed by atoms with Crippen LogP contribution in [0.3, 0.4) is 0 Å². The van der Waals surface area contributed by atoms with Gasteiger partial charge in [-0.15, -0.1) is 0 Å². The van der Waals surface area contributed by atoms with Crippen LogP contribution in [0.1, 0.15) is 34.1 Å². The Labute approximate surface area is 123 Å². The van der Waals surface area contributed by atoms with Gasteiger partial charge in [0, 0.05) is 0 Å². The van der Waals surface area contributed by atoms with Crippen molar-refractivity contribution in [2.45, 2.75) is 51.4 Å². The molecule has 0 aliphatic rings. The fraction of sp³-hybridized carbons (Fsp3) is 0.769. The van der Waals surface area contributed by atoms with Gasteiger partial charge in [0.2, 0.25) is 0 Å². The highest BCUT2D eigenvalue weighted by Crippen LogP contribution is 2.23. The van der Waals surface area contributed by atoms with Gasteiger partial charge < -0.3 is 19.5 Å². The second kappa shape index (κ2) is 7.24. The number of rotatable bonds is 5. The van der Waals surface area contributed by atoms with Crippen molar-refractivity contribution < 1.29 is 33.0 Å². The highest BCUT2D eigenvalue weighted by atomic mass is 19.1. The maximum Gasteiger partial charge on any atom is 0.408 e. The highest BCUT2D eigenvalue weighted by Gasteiger charge is 2.56. The minimum absolute atomic E-state index is 0.0556. The summed E-state index contributed by atoms with van der Waals surface area (Å²) >= 11 is 0. The van der Waals surface area contributed by atoms with Crippen LogP contribution in [-0.4, -0.2) is 49.6 Å². The monoisotopic (exact) mass is 307 g/mol. The van der Waals surface area contributed by atoms with E-state index < -0.39 is 35.3 Å². The van der Waals surface area contributed by atoms with Gasteiger partial charge in [-0.1, -0.05) is 6.92 Å². The normalized spacial score (nSPS) is 13.1. The van der Waals surface area contributed by atoms with Gasteiger partial charge in [0.05, 0.1) is 20.3 Å². The van der Waals surface area contributed by atoms with Crippen LogP contribution in [0.15, 0.2) is 0 Å². The summed E-state index contributed by atoms with van der Waals surface area (Å²) in [5, 5.41) is 2.16. The van der Waals surface area contributed by atoms with Crippen LogP contribution in [0, 0.1) is 0 Å². The van der Waals surface area contributed by atoms with E-state index >= 15 is 0 Å². The molecule has 1 amide bonds. The number of nitrogens with one attached hydrogen (secondary N) is 1. The number of alkyl carbamates (subject to hydrolysis) is 1. The van der Waals surface area contributed by atoms with Crippen molar-refractivity contribution in [3.05, 3.63) is 0 Å². The Bertz CT molecular complexity index is 388. The van der Waals surface area contributed by atoms with Gasteiger partial charge in [-0.2, -0.15) is 0 Å². The number of halogens is 1. The van der Waals surface area contributed by atoms with Crippen molar-refractivity contribution in [3.8, 4) is 0 Å². The molecule has 0 spiro atoms. The number of hydrogen-bond acceptors (Lipinski definition) is 6. The maximum atomic E-state index is 14.8.